The third kappa shape index (κ3) is 4.07. The van der Waals surface area contributed by atoms with Crippen LogP contribution in [-0.2, 0) is 5.41 Å². The average Bonchev–Trinajstić information content (AvgIpc) is 2.43. The highest BCUT2D eigenvalue weighted by Gasteiger charge is 2.37. The number of rotatable bonds is 7. The van der Waals surface area contributed by atoms with Crippen molar-refractivity contribution in [1.29, 1.82) is 0 Å². The second-order valence-corrected chi connectivity index (χ2v) is 7.05. The largest absolute Gasteiger partial charge is 0.271 e. The number of hydrazine groups is 1. The molecule has 0 aliphatic carbocycles. The highest BCUT2D eigenvalue weighted by molar-refractivity contribution is 5.27. The maximum atomic E-state index is 5.93. The van der Waals surface area contributed by atoms with Gasteiger partial charge in [-0.2, -0.15) is 0 Å². The molecule has 20 heavy (non-hydrogen) atoms. The van der Waals surface area contributed by atoms with Crippen molar-refractivity contribution in [2.45, 2.75) is 71.8 Å². The maximum absolute atomic E-state index is 5.93. The summed E-state index contributed by atoms with van der Waals surface area (Å²) in [4.78, 5) is 0. The van der Waals surface area contributed by atoms with Crippen molar-refractivity contribution in [1.82, 2.24) is 5.43 Å². The van der Waals surface area contributed by atoms with E-state index in [1.54, 1.807) is 0 Å². The van der Waals surface area contributed by atoms with Crippen LogP contribution in [0.25, 0.3) is 0 Å². The quantitative estimate of drug-likeness (QED) is 0.572. The molecule has 1 aromatic carbocycles. The van der Waals surface area contributed by atoms with Crippen LogP contribution in [-0.4, -0.2) is 6.04 Å². The summed E-state index contributed by atoms with van der Waals surface area (Å²) in [5.74, 6) is 5.93. The van der Waals surface area contributed by atoms with Gasteiger partial charge >= 0.3 is 0 Å². The predicted octanol–water partition coefficient (Wildman–Crippen LogP) is 4.40. The van der Waals surface area contributed by atoms with Crippen LogP contribution in [0.5, 0.6) is 0 Å². The van der Waals surface area contributed by atoms with Gasteiger partial charge < -0.3 is 0 Å². The summed E-state index contributed by atoms with van der Waals surface area (Å²) < 4.78 is 0. The van der Waals surface area contributed by atoms with E-state index in [0.717, 1.165) is 19.3 Å². The lowest BCUT2D eigenvalue weighted by Crippen LogP contribution is -2.51. The van der Waals surface area contributed by atoms with Crippen LogP contribution in [0.1, 0.15) is 65.9 Å². The van der Waals surface area contributed by atoms with E-state index in [9.17, 15) is 0 Å². The van der Waals surface area contributed by atoms with E-state index in [1.165, 1.54) is 12.0 Å². The van der Waals surface area contributed by atoms with Crippen molar-refractivity contribution in [3.63, 3.8) is 0 Å². The summed E-state index contributed by atoms with van der Waals surface area (Å²) in [6.07, 6.45) is 4.49. The molecule has 0 heterocycles. The summed E-state index contributed by atoms with van der Waals surface area (Å²) in [5, 5.41) is 0. The van der Waals surface area contributed by atoms with Crippen LogP contribution in [0.15, 0.2) is 30.3 Å². The molecular formula is C18H32N2. The lowest BCUT2D eigenvalue weighted by Gasteiger charge is -2.41. The third-order valence-electron chi connectivity index (χ3n) is 4.66. The minimum absolute atomic E-state index is 0.126. The van der Waals surface area contributed by atoms with Crippen LogP contribution < -0.4 is 11.3 Å². The lowest BCUT2D eigenvalue weighted by atomic mass is 9.68. The van der Waals surface area contributed by atoms with Crippen molar-refractivity contribution in [2.75, 3.05) is 0 Å². The van der Waals surface area contributed by atoms with Crippen molar-refractivity contribution < 1.29 is 0 Å². The minimum atomic E-state index is 0.126. The second kappa shape index (κ2) is 7.24. The molecule has 0 radical (unpaired) electrons. The van der Waals surface area contributed by atoms with Crippen LogP contribution >= 0.6 is 0 Å². The maximum Gasteiger partial charge on any atom is 0.0307 e. The van der Waals surface area contributed by atoms with Gasteiger partial charge in [0.2, 0.25) is 0 Å². The first-order chi connectivity index (χ1) is 9.39. The smallest absolute Gasteiger partial charge is 0.0307 e. The third-order valence-corrected chi connectivity index (χ3v) is 4.66. The Kier molecular flexibility index (Phi) is 6.22. The molecule has 0 fully saturated rings. The topological polar surface area (TPSA) is 38.0 Å². The zero-order valence-corrected chi connectivity index (χ0v) is 13.9. The van der Waals surface area contributed by atoms with E-state index in [2.05, 4.69) is 70.4 Å². The summed E-state index contributed by atoms with van der Waals surface area (Å²) in [7, 11) is 0. The van der Waals surface area contributed by atoms with Gasteiger partial charge in [-0.05, 0) is 36.7 Å². The van der Waals surface area contributed by atoms with Gasteiger partial charge in [-0.15, -0.1) is 0 Å². The fourth-order valence-corrected chi connectivity index (χ4v) is 3.22. The summed E-state index contributed by atoms with van der Waals surface area (Å²) in [6.45, 7) is 11.4. The SMILES string of the molecule is CCC(CC)(c1ccccc1)C(CCC(C)(C)C)NN. The molecule has 2 nitrogen and oxygen atoms in total. The second-order valence-electron chi connectivity index (χ2n) is 7.05. The van der Waals surface area contributed by atoms with Crippen molar-refractivity contribution >= 4 is 0 Å². The summed E-state index contributed by atoms with van der Waals surface area (Å²) >= 11 is 0. The van der Waals surface area contributed by atoms with E-state index >= 15 is 0 Å². The van der Waals surface area contributed by atoms with Crippen LogP contribution in [0.4, 0.5) is 0 Å². The van der Waals surface area contributed by atoms with E-state index in [4.69, 9.17) is 5.84 Å². The molecule has 0 aromatic heterocycles. The van der Waals surface area contributed by atoms with Crippen molar-refractivity contribution in [2.24, 2.45) is 11.3 Å². The van der Waals surface area contributed by atoms with Gasteiger partial charge in [-0.3, -0.25) is 11.3 Å². The van der Waals surface area contributed by atoms with E-state index in [1.807, 2.05) is 0 Å². The first-order valence-corrected chi connectivity index (χ1v) is 7.91. The van der Waals surface area contributed by atoms with Crippen LogP contribution in [0.2, 0.25) is 0 Å². The van der Waals surface area contributed by atoms with Gasteiger partial charge in [0.1, 0.15) is 0 Å². The zero-order chi connectivity index (χ0) is 15.2. The fourth-order valence-electron chi connectivity index (χ4n) is 3.22. The lowest BCUT2D eigenvalue weighted by molar-refractivity contribution is 0.229. The molecule has 0 saturated heterocycles. The summed E-state index contributed by atoms with van der Waals surface area (Å²) in [5.41, 5.74) is 4.99. The van der Waals surface area contributed by atoms with Crippen molar-refractivity contribution in [3.05, 3.63) is 35.9 Å². The van der Waals surface area contributed by atoms with E-state index < -0.39 is 0 Å². The molecule has 0 aliphatic rings. The van der Waals surface area contributed by atoms with Crippen molar-refractivity contribution in [3.8, 4) is 0 Å². The molecule has 0 bridgehead atoms. The van der Waals surface area contributed by atoms with Gasteiger partial charge in [0.15, 0.2) is 0 Å². The number of nitrogens with one attached hydrogen (secondary N) is 1. The van der Waals surface area contributed by atoms with E-state index in [-0.39, 0.29) is 5.41 Å². The standard InChI is InChI=1S/C18H32N2/c1-6-18(7-2,15-11-9-8-10-12-15)16(20-19)13-14-17(3,4)5/h8-12,16,20H,6-7,13-14,19H2,1-5H3. The molecule has 2 heteroatoms. The van der Waals surface area contributed by atoms with Crippen LogP contribution in [0.3, 0.4) is 0 Å². The predicted molar refractivity (Wildman–Crippen MR) is 88.5 cm³/mol. The average molecular weight is 276 g/mol. The Labute approximate surface area is 125 Å². The first kappa shape index (κ1) is 17.2. The van der Waals surface area contributed by atoms with Gasteiger partial charge in [-0.25, -0.2) is 0 Å². The molecule has 0 spiro atoms. The fraction of sp³-hybridized carbons (Fsp3) is 0.667. The highest BCUT2D eigenvalue weighted by atomic mass is 15.2. The Balaban J connectivity index is 3.03. The Morgan fingerprint density at radius 1 is 1.05 bits per heavy atom. The highest BCUT2D eigenvalue weighted by Crippen LogP contribution is 2.38. The summed E-state index contributed by atoms with van der Waals surface area (Å²) in [6, 6.07) is 11.2. The molecule has 1 aromatic rings. The van der Waals surface area contributed by atoms with Gasteiger partial charge in [0.25, 0.3) is 0 Å². The van der Waals surface area contributed by atoms with Gasteiger partial charge in [-0.1, -0.05) is 65.0 Å². The zero-order valence-electron chi connectivity index (χ0n) is 13.9. The van der Waals surface area contributed by atoms with E-state index in [0.29, 0.717) is 11.5 Å². The molecule has 1 atom stereocenters. The minimum Gasteiger partial charge on any atom is -0.271 e. The molecule has 1 unspecified atom stereocenters. The molecule has 3 N–H and O–H groups in total. The molecular weight excluding hydrogens is 244 g/mol. The number of nitrogens with two attached hydrogens (primary N) is 1. The van der Waals surface area contributed by atoms with Gasteiger partial charge in [0, 0.05) is 11.5 Å². The normalized spacial score (nSPS) is 14.3. The number of hydrogen-bond donors (Lipinski definition) is 2. The Hall–Kier alpha value is -0.860. The molecule has 1 rings (SSSR count). The Morgan fingerprint density at radius 2 is 1.60 bits per heavy atom. The molecule has 114 valence electrons. The number of benzene rings is 1. The first-order valence-electron chi connectivity index (χ1n) is 7.91. The van der Waals surface area contributed by atoms with Crippen LogP contribution in [0, 0.1) is 5.41 Å². The van der Waals surface area contributed by atoms with Gasteiger partial charge in [0.05, 0.1) is 0 Å². The Morgan fingerprint density at radius 3 is 2.00 bits per heavy atom. The number of hydrogen-bond acceptors (Lipinski definition) is 2. The molecule has 0 amide bonds. The monoisotopic (exact) mass is 276 g/mol. The molecule has 0 aliphatic heterocycles. The Bertz CT molecular complexity index is 374. The molecule has 0 saturated carbocycles.